The number of aromatic nitrogens is 4. The van der Waals surface area contributed by atoms with Crippen LogP contribution in [-0.4, -0.2) is 31.4 Å². The van der Waals surface area contributed by atoms with Crippen molar-refractivity contribution in [2.45, 2.75) is 46.1 Å². The van der Waals surface area contributed by atoms with Crippen molar-refractivity contribution in [2.24, 2.45) is 0 Å². The summed E-state index contributed by atoms with van der Waals surface area (Å²) in [4.78, 5) is 23.5. The van der Waals surface area contributed by atoms with Gasteiger partial charge in [-0.3, -0.25) is 9.59 Å². The van der Waals surface area contributed by atoms with Crippen LogP contribution in [0.25, 0.3) is 5.82 Å². The molecule has 0 fully saturated rings. The van der Waals surface area contributed by atoms with E-state index in [9.17, 15) is 9.59 Å². The molecule has 0 aliphatic heterocycles. The van der Waals surface area contributed by atoms with Crippen LogP contribution >= 0.6 is 0 Å². The molecule has 2 rings (SSSR count). The molecule has 0 saturated carbocycles. The lowest BCUT2D eigenvalue weighted by Gasteiger charge is -2.25. The number of nitrogens with one attached hydrogen (secondary N) is 2. The van der Waals surface area contributed by atoms with Gasteiger partial charge in [-0.2, -0.15) is 10.2 Å². The van der Waals surface area contributed by atoms with Crippen LogP contribution in [0.15, 0.2) is 23.1 Å². The molecule has 2 aromatic rings. The Hall–Kier alpha value is -2.44. The van der Waals surface area contributed by atoms with Crippen molar-refractivity contribution in [2.75, 3.05) is 0 Å². The third-order valence-corrected chi connectivity index (χ3v) is 3.46. The van der Waals surface area contributed by atoms with Crippen LogP contribution in [0.5, 0.6) is 0 Å². The van der Waals surface area contributed by atoms with Crippen molar-refractivity contribution < 1.29 is 4.79 Å². The Bertz CT molecular complexity index is 709. The fourth-order valence-corrected chi connectivity index (χ4v) is 2.38. The summed E-state index contributed by atoms with van der Waals surface area (Å²) in [6.45, 7) is 7.87. The minimum atomic E-state index is -0.284. The van der Waals surface area contributed by atoms with Crippen molar-refractivity contribution in [3.05, 3.63) is 39.9 Å². The van der Waals surface area contributed by atoms with E-state index < -0.39 is 0 Å². The number of carbonyl (C=O) groups excluding carboxylic acids is 1. The third-order valence-electron chi connectivity index (χ3n) is 3.46. The van der Waals surface area contributed by atoms with Gasteiger partial charge in [0.2, 0.25) is 0 Å². The third kappa shape index (κ3) is 3.41. The van der Waals surface area contributed by atoms with Crippen LogP contribution in [0.4, 0.5) is 0 Å². The van der Waals surface area contributed by atoms with Crippen molar-refractivity contribution in [1.29, 1.82) is 0 Å². The highest BCUT2D eigenvalue weighted by Crippen LogP contribution is 2.15. The molecule has 0 atom stereocenters. The number of aromatic amines is 1. The van der Waals surface area contributed by atoms with Gasteiger partial charge in [-0.05, 0) is 33.3 Å². The Morgan fingerprint density at radius 1 is 1.41 bits per heavy atom. The smallest absolute Gasteiger partial charge is 0.264 e. The fourth-order valence-electron chi connectivity index (χ4n) is 2.38. The lowest BCUT2D eigenvalue weighted by Crippen LogP contribution is -2.43. The van der Waals surface area contributed by atoms with E-state index in [0.29, 0.717) is 17.1 Å². The van der Waals surface area contributed by atoms with Crippen LogP contribution in [0.3, 0.4) is 0 Å². The van der Waals surface area contributed by atoms with Gasteiger partial charge < -0.3 is 5.32 Å². The molecular weight excluding hydrogens is 282 g/mol. The maximum absolute atomic E-state index is 12.4. The van der Waals surface area contributed by atoms with E-state index in [1.165, 1.54) is 16.9 Å². The summed E-state index contributed by atoms with van der Waals surface area (Å²) < 4.78 is 1.53. The molecule has 0 spiro atoms. The van der Waals surface area contributed by atoms with Crippen LogP contribution in [0.1, 0.15) is 49.7 Å². The van der Waals surface area contributed by atoms with E-state index in [1.807, 2.05) is 13.8 Å². The van der Waals surface area contributed by atoms with E-state index >= 15 is 0 Å². The average Bonchev–Trinajstić information content (AvgIpc) is 2.81. The number of nitrogens with zero attached hydrogens (tertiary/aromatic N) is 3. The summed E-state index contributed by atoms with van der Waals surface area (Å²) in [5.41, 5.74) is 0.616. The minimum absolute atomic E-state index is 0.161. The monoisotopic (exact) mass is 303 g/mol. The largest absolute Gasteiger partial charge is 0.347 e. The first kappa shape index (κ1) is 15.9. The topological polar surface area (TPSA) is 92.7 Å². The zero-order chi connectivity index (χ0) is 16.3. The van der Waals surface area contributed by atoms with Gasteiger partial charge in [-0.1, -0.05) is 13.3 Å². The fraction of sp³-hybridized carbons (Fsp3) is 0.467. The zero-order valence-electron chi connectivity index (χ0n) is 13.3. The SMILES string of the molecule is CCCC(C)(C)NC(=O)c1cnn(-c2ccc(=O)[nH]n2)c1C. The molecule has 22 heavy (non-hydrogen) atoms. The Kier molecular flexibility index (Phi) is 4.44. The second kappa shape index (κ2) is 6.13. The Morgan fingerprint density at radius 2 is 2.14 bits per heavy atom. The van der Waals surface area contributed by atoms with Crippen LogP contribution in [0, 0.1) is 6.92 Å². The number of hydrogen-bond donors (Lipinski definition) is 2. The Balaban J connectivity index is 2.26. The molecule has 0 saturated heterocycles. The second-order valence-corrected chi connectivity index (χ2v) is 5.92. The summed E-state index contributed by atoms with van der Waals surface area (Å²) in [6, 6.07) is 2.93. The van der Waals surface area contributed by atoms with Gasteiger partial charge in [-0.15, -0.1) is 0 Å². The molecular formula is C15H21N5O2. The summed E-state index contributed by atoms with van der Waals surface area (Å²) >= 11 is 0. The first-order valence-corrected chi connectivity index (χ1v) is 7.27. The van der Waals surface area contributed by atoms with Crippen LogP contribution < -0.4 is 10.9 Å². The predicted octanol–water partition coefficient (Wildman–Crippen LogP) is 1.57. The summed E-state index contributed by atoms with van der Waals surface area (Å²) in [7, 11) is 0. The molecule has 2 aromatic heterocycles. The molecule has 0 unspecified atom stereocenters. The normalized spacial score (nSPS) is 11.5. The highest BCUT2D eigenvalue weighted by molar-refractivity contribution is 5.95. The number of H-pyrrole nitrogens is 1. The van der Waals surface area contributed by atoms with Gasteiger partial charge in [0.05, 0.1) is 17.5 Å². The molecule has 2 N–H and O–H groups in total. The lowest BCUT2D eigenvalue weighted by atomic mass is 9.98. The van der Waals surface area contributed by atoms with Crippen molar-refractivity contribution >= 4 is 5.91 Å². The Labute approximate surface area is 128 Å². The summed E-state index contributed by atoms with van der Waals surface area (Å²) in [6.07, 6.45) is 3.40. The van der Waals surface area contributed by atoms with Gasteiger partial charge in [0.1, 0.15) is 0 Å². The highest BCUT2D eigenvalue weighted by atomic mass is 16.2. The molecule has 7 nitrogen and oxygen atoms in total. The highest BCUT2D eigenvalue weighted by Gasteiger charge is 2.23. The number of hydrogen-bond acceptors (Lipinski definition) is 4. The first-order valence-electron chi connectivity index (χ1n) is 7.27. The second-order valence-electron chi connectivity index (χ2n) is 5.92. The van der Waals surface area contributed by atoms with Crippen molar-refractivity contribution in [1.82, 2.24) is 25.3 Å². The number of carbonyl (C=O) groups is 1. The van der Waals surface area contributed by atoms with Gasteiger partial charge >= 0.3 is 0 Å². The molecule has 1 amide bonds. The molecule has 0 bridgehead atoms. The summed E-state index contributed by atoms with van der Waals surface area (Å²) in [5, 5.41) is 13.5. The maximum atomic E-state index is 12.4. The first-order chi connectivity index (χ1) is 10.3. The Morgan fingerprint density at radius 3 is 2.73 bits per heavy atom. The quantitative estimate of drug-likeness (QED) is 0.877. The van der Waals surface area contributed by atoms with E-state index in [4.69, 9.17) is 0 Å². The van der Waals surface area contributed by atoms with E-state index in [2.05, 4.69) is 27.5 Å². The van der Waals surface area contributed by atoms with E-state index in [-0.39, 0.29) is 17.0 Å². The zero-order valence-corrected chi connectivity index (χ0v) is 13.3. The average molecular weight is 303 g/mol. The number of rotatable bonds is 5. The predicted molar refractivity (Wildman–Crippen MR) is 83.2 cm³/mol. The van der Waals surface area contributed by atoms with Crippen LogP contribution in [0.2, 0.25) is 0 Å². The lowest BCUT2D eigenvalue weighted by molar-refractivity contribution is 0.0908. The molecule has 0 radical (unpaired) electrons. The molecule has 0 aliphatic rings. The molecule has 0 aromatic carbocycles. The molecule has 2 heterocycles. The standard InChI is InChI=1S/C15H21N5O2/c1-5-8-15(3,4)17-14(22)11-9-16-20(10(11)2)12-6-7-13(21)19-18-12/h6-7,9H,5,8H2,1-4H3,(H,17,22)(H,19,21). The molecule has 118 valence electrons. The van der Waals surface area contributed by atoms with Gasteiger partial charge in [0, 0.05) is 11.6 Å². The van der Waals surface area contributed by atoms with Crippen molar-refractivity contribution in [3.8, 4) is 5.82 Å². The van der Waals surface area contributed by atoms with Gasteiger partial charge in [0.25, 0.3) is 11.5 Å². The molecule has 0 aliphatic carbocycles. The van der Waals surface area contributed by atoms with E-state index in [0.717, 1.165) is 12.8 Å². The minimum Gasteiger partial charge on any atom is -0.347 e. The maximum Gasteiger partial charge on any atom is 0.264 e. The van der Waals surface area contributed by atoms with Crippen LogP contribution in [-0.2, 0) is 0 Å². The van der Waals surface area contributed by atoms with Gasteiger partial charge in [-0.25, -0.2) is 9.78 Å². The molecule has 7 heteroatoms. The van der Waals surface area contributed by atoms with Gasteiger partial charge in [0.15, 0.2) is 5.82 Å². The number of amides is 1. The van der Waals surface area contributed by atoms with E-state index in [1.54, 1.807) is 13.0 Å². The summed E-state index contributed by atoms with van der Waals surface area (Å²) in [5.74, 6) is 0.301. The van der Waals surface area contributed by atoms with Crippen molar-refractivity contribution in [3.63, 3.8) is 0 Å².